The molecule has 8 nitrogen and oxygen atoms in total. The predicted octanol–water partition coefficient (Wildman–Crippen LogP) is 0.918. The monoisotopic (exact) mass is 333 g/mol. The Balaban J connectivity index is 2.43. The average molecular weight is 334 g/mol. The molecule has 0 aliphatic carbocycles. The molecule has 0 fully saturated rings. The normalized spacial score (nSPS) is 11.2. The third kappa shape index (κ3) is 2.60. The van der Waals surface area contributed by atoms with Gasteiger partial charge in [-0.05, 0) is 22.0 Å². The number of hydrogen-bond acceptors (Lipinski definition) is 7. The molecule has 2 aromatic rings. The molecule has 0 bridgehead atoms. The molecule has 0 atom stereocenters. The molecule has 96 valence electrons. The van der Waals surface area contributed by atoms with Crippen LogP contribution in [0.25, 0.3) is 0 Å². The third-order valence-electron chi connectivity index (χ3n) is 1.93. The first-order valence-corrected chi connectivity index (χ1v) is 6.85. The molecule has 0 aromatic carbocycles. The Morgan fingerprint density at radius 2 is 2.17 bits per heavy atom. The van der Waals surface area contributed by atoms with Crippen LogP contribution in [0, 0.1) is 0 Å². The topological polar surface area (TPSA) is 123 Å². The summed E-state index contributed by atoms with van der Waals surface area (Å²) in [6.45, 7) is 0. The van der Waals surface area contributed by atoms with E-state index in [4.69, 9.17) is 5.84 Å². The summed E-state index contributed by atoms with van der Waals surface area (Å²) in [5.41, 5.74) is 2.42. The van der Waals surface area contributed by atoms with Crippen LogP contribution in [0.15, 0.2) is 38.6 Å². The van der Waals surface area contributed by atoms with Crippen molar-refractivity contribution in [2.24, 2.45) is 5.84 Å². The maximum absolute atomic E-state index is 12.1. The molecule has 2 heterocycles. The molecule has 0 radical (unpaired) electrons. The van der Waals surface area contributed by atoms with Crippen LogP contribution >= 0.6 is 15.9 Å². The van der Waals surface area contributed by atoms with Gasteiger partial charge in [0.25, 0.3) is 10.0 Å². The van der Waals surface area contributed by atoms with Crippen molar-refractivity contribution in [1.82, 2.24) is 10.1 Å². The second-order valence-electron chi connectivity index (χ2n) is 3.16. The van der Waals surface area contributed by atoms with Gasteiger partial charge in [-0.15, -0.1) is 0 Å². The molecular weight excluding hydrogens is 326 g/mol. The smallest absolute Gasteiger partial charge is 0.265 e. The molecule has 0 aliphatic heterocycles. The zero-order valence-electron chi connectivity index (χ0n) is 8.79. The molecule has 0 saturated carbocycles. The number of hydrazine groups is 1. The third-order valence-corrected chi connectivity index (χ3v) is 3.76. The number of nitrogens with two attached hydrogens (primary N) is 1. The predicted molar refractivity (Wildman–Crippen MR) is 67.1 cm³/mol. The zero-order valence-corrected chi connectivity index (χ0v) is 11.2. The maximum atomic E-state index is 12.1. The molecule has 0 unspecified atom stereocenters. The number of halogens is 1. The van der Waals surface area contributed by atoms with Crippen molar-refractivity contribution in [2.75, 3.05) is 10.1 Å². The summed E-state index contributed by atoms with van der Waals surface area (Å²) in [6, 6.07) is 1.37. The van der Waals surface area contributed by atoms with Gasteiger partial charge in [0.05, 0.1) is 6.20 Å². The fourth-order valence-electron chi connectivity index (χ4n) is 1.20. The van der Waals surface area contributed by atoms with Crippen LogP contribution in [0.4, 0.5) is 11.5 Å². The summed E-state index contributed by atoms with van der Waals surface area (Å²) in [7, 11) is -3.83. The molecule has 4 N–H and O–H groups in total. The first-order valence-electron chi connectivity index (χ1n) is 4.57. The van der Waals surface area contributed by atoms with Crippen molar-refractivity contribution in [3.05, 3.63) is 29.2 Å². The lowest BCUT2D eigenvalue weighted by Gasteiger charge is -2.09. The van der Waals surface area contributed by atoms with Crippen LogP contribution in [-0.2, 0) is 10.0 Å². The number of aromatic nitrogens is 2. The van der Waals surface area contributed by atoms with Crippen molar-refractivity contribution >= 4 is 37.5 Å². The van der Waals surface area contributed by atoms with E-state index in [0.717, 1.165) is 0 Å². The summed E-state index contributed by atoms with van der Waals surface area (Å²) >= 11 is 3.14. The molecule has 0 spiro atoms. The van der Waals surface area contributed by atoms with E-state index in [-0.39, 0.29) is 16.4 Å². The van der Waals surface area contributed by atoms with Gasteiger partial charge in [0.15, 0.2) is 5.82 Å². The number of rotatable bonds is 4. The van der Waals surface area contributed by atoms with E-state index in [0.29, 0.717) is 4.47 Å². The molecule has 0 aliphatic rings. The van der Waals surface area contributed by atoms with Crippen LogP contribution < -0.4 is 16.0 Å². The second-order valence-corrected chi connectivity index (χ2v) is 5.73. The van der Waals surface area contributed by atoms with Gasteiger partial charge in [-0.2, -0.15) is 0 Å². The van der Waals surface area contributed by atoms with E-state index in [1.807, 2.05) is 0 Å². The van der Waals surface area contributed by atoms with Gasteiger partial charge in [0, 0.05) is 10.7 Å². The van der Waals surface area contributed by atoms with Crippen LogP contribution in [-0.4, -0.2) is 18.6 Å². The van der Waals surface area contributed by atoms with Crippen LogP contribution in [0.5, 0.6) is 0 Å². The number of anilines is 2. The molecule has 0 saturated heterocycles. The fraction of sp³-hybridized carbons (Fsp3) is 0. The van der Waals surface area contributed by atoms with Crippen molar-refractivity contribution in [2.45, 2.75) is 4.90 Å². The Bertz CT molecular complexity index is 643. The Kier molecular flexibility index (Phi) is 3.50. The van der Waals surface area contributed by atoms with E-state index >= 15 is 0 Å². The second kappa shape index (κ2) is 4.92. The number of nitrogens with zero attached hydrogens (tertiary/aromatic N) is 2. The Hall–Kier alpha value is -1.65. The summed E-state index contributed by atoms with van der Waals surface area (Å²) in [5.74, 6) is 5.25. The highest BCUT2D eigenvalue weighted by Crippen LogP contribution is 2.24. The molecule has 10 heteroatoms. The number of pyridine rings is 1. The first kappa shape index (κ1) is 12.8. The van der Waals surface area contributed by atoms with Gasteiger partial charge in [-0.3, -0.25) is 4.72 Å². The van der Waals surface area contributed by atoms with Gasteiger partial charge < -0.3 is 9.95 Å². The van der Waals surface area contributed by atoms with Crippen molar-refractivity contribution < 1.29 is 12.9 Å². The van der Waals surface area contributed by atoms with Gasteiger partial charge in [-0.1, -0.05) is 5.16 Å². The van der Waals surface area contributed by atoms with Gasteiger partial charge in [0.2, 0.25) is 0 Å². The number of sulfonamides is 1. The summed E-state index contributed by atoms with van der Waals surface area (Å²) in [6.07, 6.45) is 3.82. The van der Waals surface area contributed by atoms with Crippen LogP contribution in [0.3, 0.4) is 0 Å². The highest BCUT2D eigenvalue weighted by atomic mass is 79.9. The lowest BCUT2D eigenvalue weighted by atomic mass is 10.5. The first-order chi connectivity index (χ1) is 8.53. The Labute approximate surface area is 111 Å². The molecule has 2 aromatic heterocycles. The SMILES string of the molecule is NNc1ncc(Br)cc1S(=O)(=O)Nc1cnoc1. The van der Waals surface area contributed by atoms with E-state index in [1.165, 1.54) is 24.7 Å². The molecule has 18 heavy (non-hydrogen) atoms. The van der Waals surface area contributed by atoms with Gasteiger partial charge in [0.1, 0.15) is 16.8 Å². The van der Waals surface area contributed by atoms with Crippen molar-refractivity contribution in [1.29, 1.82) is 0 Å². The van der Waals surface area contributed by atoms with Gasteiger partial charge >= 0.3 is 0 Å². The zero-order chi connectivity index (χ0) is 13.2. The summed E-state index contributed by atoms with van der Waals surface area (Å²) < 4.78 is 31.5. The lowest BCUT2D eigenvalue weighted by molar-refractivity contribution is 0.420. The van der Waals surface area contributed by atoms with Crippen LogP contribution in [0.1, 0.15) is 0 Å². The van der Waals surface area contributed by atoms with Crippen LogP contribution in [0.2, 0.25) is 0 Å². The minimum Gasteiger partial charge on any atom is -0.362 e. The Morgan fingerprint density at radius 3 is 2.78 bits per heavy atom. The standard InChI is InChI=1S/C8H8BrN5O3S/c9-5-1-7(8(13-10)11-2-5)18(15,16)14-6-3-12-17-4-6/h1-4,14H,10H2,(H,11,13). The van der Waals surface area contributed by atoms with E-state index in [1.54, 1.807) is 0 Å². The number of hydrogen-bond donors (Lipinski definition) is 3. The van der Waals surface area contributed by atoms with E-state index < -0.39 is 10.0 Å². The van der Waals surface area contributed by atoms with E-state index in [2.05, 4.69) is 40.7 Å². The summed E-state index contributed by atoms with van der Waals surface area (Å²) in [4.78, 5) is 3.75. The minimum absolute atomic E-state index is 0.0298. The largest absolute Gasteiger partial charge is 0.362 e. The minimum atomic E-state index is -3.83. The summed E-state index contributed by atoms with van der Waals surface area (Å²) in [5, 5.41) is 3.39. The molecule has 2 rings (SSSR count). The molecule has 0 amide bonds. The highest BCUT2D eigenvalue weighted by Gasteiger charge is 2.20. The quantitative estimate of drug-likeness (QED) is 0.561. The number of nitrogen functional groups attached to an aromatic ring is 1. The maximum Gasteiger partial charge on any atom is 0.265 e. The fourth-order valence-corrected chi connectivity index (χ4v) is 2.85. The Morgan fingerprint density at radius 1 is 1.39 bits per heavy atom. The van der Waals surface area contributed by atoms with Crippen molar-refractivity contribution in [3.63, 3.8) is 0 Å². The van der Waals surface area contributed by atoms with Gasteiger partial charge in [-0.25, -0.2) is 19.2 Å². The highest BCUT2D eigenvalue weighted by molar-refractivity contribution is 9.10. The molecular formula is C8H8BrN5O3S. The number of nitrogens with one attached hydrogen (secondary N) is 2. The average Bonchev–Trinajstić information content (AvgIpc) is 2.81. The van der Waals surface area contributed by atoms with E-state index in [9.17, 15) is 8.42 Å². The lowest BCUT2D eigenvalue weighted by Crippen LogP contribution is -2.18. The van der Waals surface area contributed by atoms with Crippen molar-refractivity contribution in [3.8, 4) is 0 Å².